The van der Waals surface area contributed by atoms with Crippen LogP contribution in [0.15, 0.2) is 60.7 Å². The lowest BCUT2D eigenvalue weighted by atomic mass is 10.1. The molecule has 4 N–H and O–H groups in total. The second-order valence-corrected chi connectivity index (χ2v) is 5.03. The Morgan fingerprint density at radius 3 is 1.92 bits per heavy atom. The summed E-state index contributed by atoms with van der Waals surface area (Å²) in [6, 6.07) is 10.3. The van der Waals surface area contributed by atoms with Crippen molar-refractivity contribution in [3.8, 4) is 0 Å². The molecule has 0 aliphatic rings. The van der Waals surface area contributed by atoms with Crippen LogP contribution in [0.25, 0.3) is 10.8 Å². The molecule has 0 saturated carbocycles. The zero-order valence-corrected chi connectivity index (χ0v) is 13.3. The number of fused-ring (bicyclic) bond motifs is 1. The van der Waals surface area contributed by atoms with E-state index in [1.807, 2.05) is 0 Å². The molecular formula is C18H14N2O6. The average molecular weight is 354 g/mol. The zero-order chi connectivity index (χ0) is 19.1. The third kappa shape index (κ3) is 5.03. The van der Waals surface area contributed by atoms with Crippen molar-refractivity contribution in [2.45, 2.75) is 0 Å². The number of nitrogens with one attached hydrogen (secondary N) is 2. The summed E-state index contributed by atoms with van der Waals surface area (Å²) < 4.78 is 0. The highest BCUT2D eigenvalue weighted by molar-refractivity contribution is 6.14. The van der Waals surface area contributed by atoms with Crippen molar-refractivity contribution in [3.63, 3.8) is 0 Å². The van der Waals surface area contributed by atoms with Crippen LogP contribution in [0.4, 0.5) is 11.4 Å². The molecule has 0 fully saturated rings. The van der Waals surface area contributed by atoms with Gasteiger partial charge in [-0.05, 0) is 11.5 Å². The number of benzene rings is 2. The van der Waals surface area contributed by atoms with Gasteiger partial charge in [0, 0.05) is 29.7 Å². The van der Waals surface area contributed by atoms with E-state index in [4.69, 9.17) is 10.2 Å². The smallest absolute Gasteiger partial charge is 0.328 e. The van der Waals surface area contributed by atoms with Gasteiger partial charge in [-0.15, -0.1) is 0 Å². The maximum atomic E-state index is 11.9. The van der Waals surface area contributed by atoms with Gasteiger partial charge in [-0.3, -0.25) is 9.59 Å². The number of carbonyl (C=O) groups excluding carboxylic acids is 2. The van der Waals surface area contributed by atoms with Crippen molar-refractivity contribution in [2.75, 3.05) is 10.6 Å². The van der Waals surface area contributed by atoms with Crippen LogP contribution in [0.3, 0.4) is 0 Å². The van der Waals surface area contributed by atoms with E-state index >= 15 is 0 Å². The topological polar surface area (TPSA) is 133 Å². The number of hydrogen-bond acceptors (Lipinski definition) is 4. The summed E-state index contributed by atoms with van der Waals surface area (Å²) >= 11 is 0. The van der Waals surface area contributed by atoms with Gasteiger partial charge in [0.25, 0.3) is 0 Å². The number of hydrogen-bond donors (Lipinski definition) is 4. The number of rotatable bonds is 6. The molecule has 0 aliphatic carbocycles. The predicted molar refractivity (Wildman–Crippen MR) is 94.8 cm³/mol. The summed E-state index contributed by atoms with van der Waals surface area (Å²) in [5, 5.41) is 23.6. The fourth-order valence-corrected chi connectivity index (χ4v) is 2.14. The summed E-state index contributed by atoms with van der Waals surface area (Å²) in [6.07, 6.45) is 3.06. The third-order valence-electron chi connectivity index (χ3n) is 3.19. The molecule has 132 valence electrons. The largest absolute Gasteiger partial charge is 0.478 e. The molecule has 0 atom stereocenters. The van der Waals surface area contributed by atoms with E-state index < -0.39 is 23.8 Å². The minimum absolute atomic E-state index is 0.237. The standard InChI is InChI=1S/C18H14N2O6/c21-14(7-9-16(23)24)19-13-6-5-11-3-1-2-4-12(11)18(13)20-15(22)8-10-17(25)26/h1-10H,(H,19,21)(H,20,22)(H,23,24)(H,25,26)/b9-7-,10-8-. The Kier molecular flexibility index (Phi) is 5.83. The Balaban J connectivity index is 2.39. The highest BCUT2D eigenvalue weighted by Gasteiger charge is 2.11. The van der Waals surface area contributed by atoms with E-state index in [0.29, 0.717) is 17.5 Å². The number of anilines is 2. The lowest BCUT2D eigenvalue weighted by molar-refractivity contribution is -0.132. The van der Waals surface area contributed by atoms with E-state index in [1.54, 1.807) is 36.4 Å². The quantitative estimate of drug-likeness (QED) is 0.587. The Bertz CT molecular complexity index is 946. The van der Waals surface area contributed by atoms with E-state index in [-0.39, 0.29) is 11.4 Å². The van der Waals surface area contributed by atoms with E-state index in [9.17, 15) is 19.2 Å². The van der Waals surface area contributed by atoms with Crippen LogP contribution in [-0.2, 0) is 19.2 Å². The lowest BCUT2D eigenvalue weighted by Crippen LogP contribution is -2.14. The van der Waals surface area contributed by atoms with Gasteiger partial charge >= 0.3 is 11.9 Å². The first-order chi connectivity index (χ1) is 12.4. The maximum Gasteiger partial charge on any atom is 0.328 e. The summed E-state index contributed by atoms with van der Waals surface area (Å²) in [6.45, 7) is 0. The van der Waals surface area contributed by atoms with Gasteiger partial charge in [-0.25, -0.2) is 9.59 Å². The Morgan fingerprint density at radius 1 is 0.731 bits per heavy atom. The molecule has 8 nitrogen and oxygen atoms in total. The minimum atomic E-state index is -1.27. The maximum absolute atomic E-state index is 11.9. The van der Waals surface area contributed by atoms with Crippen LogP contribution in [0.2, 0.25) is 0 Å². The molecule has 0 radical (unpaired) electrons. The normalized spacial score (nSPS) is 10.9. The number of aliphatic carboxylic acids is 2. The molecule has 2 aromatic carbocycles. The average Bonchev–Trinajstić information content (AvgIpc) is 2.60. The van der Waals surface area contributed by atoms with Crippen LogP contribution < -0.4 is 10.6 Å². The van der Waals surface area contributed by atoms with Crippen molar-refractivity contribution >= 4 is 45.9 Å². The van der Waals surface area contributed by atoms with Crippen molar-refractivity contribution < 1.29 is 29.4 Å². The third-order valence-corrected chi connectivity index (χ3v) is 3.19. The molecule has 2 aromatic rings. The van der Waals surface area contributed by atoms with Gasteiger partial charge in [-0.2, -0.15) is 0 Å². The molecule has 0 saturated heterocycles. The number of carboxylic acid groups (broad SMARTS) is 2. The first-order valence-electron chi connectivity index (χ1n) is 7.32. The van der Waals surface area contributed by atoms with E-state index in [1.165, 1.54) is 0 Å². The Labute approximate surface area is 147 Å². The molecule has 0 aromatic heterocycles. The second kappa shape index (κ2) is 8.25. The summed E-state index contributed by atoms with van der Waals surface area (Å²) in [5.41, 5.74) is 0.501. The van der Waals surface area contributed by atoms with Crippen LogP contribution in [-0.4, -0.2) is 34.0 Å². The van der Waals surface area contributed by atoms with Gasteiger partial charge in [-0.1, -0.05) is 30.3 Å². The molecular weight excluding hydrogens is 340 g/mol. The second-order valence-electron chi connectivity index (χ2n) is 5.03. The van der Waals surface area contributed by atoms with Crippen LogP contribution >= 0.6 is 0 Å². The lowest BCUT2D eigenvalue weighted by Gasteiger charge is -2.13. The van der Waals surface area contributed by atoms with Crippen LogP contribution in [0, 0.1) is 0 Å². The fraction of sp³-hybridized carbons (Fsp3) is 0. The molecule has 0 unspecified atom stereocenters. The van der Waals surface area contributed by atoms with Crippen LogP contribution in [0.5, 0.6) is 0 Å². The van der Waals surface area contributed by atoms with Crippen LogP contribution in [0.1, 0.15) is 0 Å². The molecule has 0 heterocycles. The molecule has 8 heteroatoms. The molecule has 0 aliphatic heterocycles. The summed E-state index contributed by atoms with van der Waals surface area (Å²) in [4.78, 5) is 44.8. The molecule has 26 heavy (non-hydrogen) atoms. The number of carboxylic acids is 2. The highest BCUT2D eigenvalue weighted by atomic mass is 16.4. The highest BCUT2D eigenvalue weighted by Crippen LogP contribution is 2.31. The van der Waals surface area contributed by atoms with Crippen molar-refractivity contribution in [1.29, 1.82) is 0 Å². The predicted octanol–water partition coefficient (Wildman–Crippen LogP) is 2.00. The molecule has 2 rings (SSSR count). The first-order valence-corrected chi connectivity index (χ1v) is 7.32. The van der Waals surface area contributed by atoms with Gasteiger partial charge < -0.3 is 20.8 Å². The van der Waals surface area contributed by atoms with Gasteiger partial charge in [0.1, 0.15) is 0 Å². The number of amides is 2. The number of carbonyl (C=O) groups is 4. The first kappa shape index (κ1) is 18.4. The van der Waals surface area contributed by atoms with Gasteiger partial charge in [0.2, 0.25) is 11.8 Å². The molecule has 0 spiro atoms. The van der Waals surface area contributed by atoms with Crippen molar-refractivity contribution in [1.82, 2.24) is 0 Å². The Hall–Kier alpha value is -3.94. The van der Waals surface area contributed by atoms with Crippen molar-refractivity contribution in [2.24, 2.45) is 0 Å². The zero-order valence-electron chi connectivity index (χ0n) is 13.3. The van der Waals surface area contributed by atoms with Crippen molar-refractivity contribution in [3.05, 3.63) is 60.7 Å². The fourth-order valence-electron chi connectivity index (χ4n) is 2.14. The minimum Gasteiger partial charge on any atom is -0.478 e. The van der Waals surface area contributed by atoms with E-state index in [2.05, 4.69) is 10.6 Å². The summed E-state index contributed by atoms with van der Waals surface area (Å²) in [7, 11) is 0. The monoisotopic (exact) mass is 354 g/mol. The molecule has 0 bridgehead atoms. The molecule has 2 amide bonds. The van der Waals surface area contributed by atoms with E-state index in [0.717, 1.165) is 17.5 Å². The van der Waals surface area contributed by atoms with Gasteiger partial charge in [0.05, 0.1) is 11.4 Å². The SMILES string of the molecule is O=C(O)/C=C\C(=O)Nc1ccc2ccccc2c1NC(=O)/C=C\C(=O)O. The summed E-state index contributed by atoms with van der Waals surface area (Å²) in [5.74, 6) is -3.93. The van der Waals surface area contributed by atoms with Gasteiger partial charge in [0.15, 0.2) is 0 Å². The Morgan fingerprint density at radius 2 is 1.31 bits per heavy atom.